The first kappa shape index (κ1) is 23.8. The number of benzene rings is 2. The molecule has 0 unspecified atom stereocenters. The Morgan fingerprint density at radius 2 is 1.73 bits per heavy atom. The third-order valence-electron chi connectivity index (χ3n) is 5.32. The van der Waals surface area contributed by atoms with Gasteiger partial charge >= 0.3 is 0 Å². The molecule has 0 bridgehead atoms. The third kappa shape index (κ3) is 6.17. The van der Waals surface area contributed by atoms with Crippen molar-refractivity contribution >= 4 is 16.0 Å². The van der Waals surface area contributed by atoms with Crippen molar-refractivity contribution in [2.75, 3.05) is 12.9 Å². The summed E-state index contributed by atoms with van der Waals surface area (Å²) in [5.74, 6) is -0.385. The highest BCUT2D eigenvalue weighted by molar-refractivity contribution is 7.86. The van der Waals surface area contributed by atoms with Crippen molar-refractivity contribution in [3.8, 4) is 0 Å². The Labute approximate surface area is 193 Å². The minimum atomic E-state index is -3.90. The van der Waals surface area contributed by atoms with Gasteiger partial charge in [0.1, 0.15) is 24.4 Å². The molecular weight excluding hydrogens is 450 g/mol. The van der Waals surface area contributed by atoms with E-state index in [2.05, 4.69) is 5.32 Å². The molecule has 0 aromatic heterocycles. The molecule has 1 amide bonds. The van der Waals surface area contributed by atoms with Gasteiger partial charge in [-0.05, 0) is 5.56 Å². The SMILES string of the molecule is CC(=O)N[C@H]1[C@@H](OCc2ccccc2)O[C@H]2CO[C@H](c3ccccc3)O[C@@H]2[C@H]1OS(C)(=O)=O. The fourth-order valence-electron chi connectivity index (χ4n) is 3.95. The van der Waals surface area contributed by atoms with Crippen molar-refractivity contribution < 1.29 is 36.3 Å². The van der Waals surface area contributed by atoms with Gasteiger partial charge in [-0.2, -0.15) is 8.42 Å². The topological polar surface area (TPSA) is 109 Å². The Morgan fingerprint density at radius 1 is 1.06 bits per heavy atom. The second kappa shape index (κ2) is 10.3. The van der Waals surface area contributed by atoms with Gasteiger partial charge in [-0.25, -0.2) is 0 Å². The minimum absolute atomic E-state index is 0.131. The first-order valence-electron chi connectivity index (χ1n) is 10.6. The molecule has 1 N–H and O–H groups in total. The van der Waals surface area contributed by atoms with Crippen LogP contribution in [0.15, 0.2) is 60.7 Å². The number of fused-ring (bicyclic) bond motifs is 1. The largest absolute Gasteiger partial charge is 0.346 e. The van der Waals surface area contributed by atoms with E-state index in [9.17, 15) is 13.2 Å². The highest BCUT2D eigenvalue weighted by Crippen LogP contribution is 2.36. The van der Waals surface area contributed by atoms with Gasteiger partial charge in [-0.3, -0.25) is 8.98 Å². The molecule has 2 fully saturated rings. The molecule has 0 radical (unpaired) electrons. The summed E-state index contributed by atoms with van der Waals surface area (Å²) in [6.07, 6.45) is -3.34. The van der Waals surface area contributed by atoms with Crippen molar-refractivity contribution in [1.29, 1.82) is 0 Å². The van der Waals surface area contributed by atoms with Gasteiger partial charge in [0, 0.05) is 12.5 Å². The number of carbonyl (C=O) groups is 1. The van der Waals surface area contributed by atoms with Gasteiger partial charge in [-0.1, -0.05) is 60.7 Å². The van der Waals surface area contributed by atoms with Gasteiger partial charge in [0.25, 0.3) is 10.1 Å². The van der Waals surface area contributed by atoms with E-state index in [-0.39, 0.29) is 19.1 Å². The van der Waals surface area contributed by atoms with Crippen LogP contribution in [0.25, 0.3) is 0 Å². The van der Waals surface area contributed by atoms with Crippen LogP contribution in [0.2, 0.25) is 0 Å². The molecule has 6 atom stereocenters. The molecule has 2 heterocycles. The van der Waals surface area contributed by atoms with Gasteiger partial charge in [0.2, 0.25) is 5.91 Å². The van der Waals surface area contributed by atoms with Crippen LogP contribution in [-0.4, -0.2) is 57.8 Å². The number of hydrogen-bond donors (Lipinski definition) is 1. The van der Waals surface area contributed by atoms with E-state index in [1.54, 1.807) is 0 Å². The lowest BCUT2D eigenvalue weighted by molar-refractivity contribution is -0.342. The average molecular weight is 478 g/mol. The van der Waals surface area contributed by atoms with Crippen molar-refractivity contribution in [2.45, 2.75) is 50.5 Å². The lowest BCUT2D eigenvalue weighted by Crippen LogP contribution is -2.67. The maximum Gasteiger partial charge on any atom is 0.264 e. The Bertz CT molecular complexity index is 1030. The van der Waals surface area contributed by atoms with Gasteiger partial charge in [0.15, 0.2) is 12.6 Å². The Hall–Kier alpha value is -2.34. The molecule has 2 aromatic rings. The van der Waals surface area contributed by atoms with E-state index in [1.807, 2.05) is 60.7 Å². The first-order chi connectivity index (χ1) is 15.8. The van der Waals surface area contributed by atoms with Crippen molar-refractivity contribution in [2.24, 2.45) is 0 Å². The number of carbonyl (C=O) groups excluding carboxylic acids is 1. The maximum atomic E-state index is 12.1. The Balaban J connectivity index is 1.60. The second-order valence-corrected chi connectivity index (χ2v) is 9.61. The predicted octanol–water partition coefficient (Wildman–Crippen LogP) is 1.89. The smallest absolute Gasteiger partial charge is 0.264 e. The van der Waals surface area contributed by atoms with E-state index in [0.717, 1.165) is 17.4 Å². The second-order valence-electron chi connectivity index (χ2n) is 8.01. The zero-order valence-corrected chi connectivity index (χ0v) is 19.1. The van der Waals surface area contributed by atoms with Crippen LogP contribution in [0.4, 0.5) is 0 Å². The van der Waals surface area contributed by atoms with Crippen LogP contribution in [0.5, 0.6) is 0 Å². The third-order valence-corrected chi connectivity index (χ3v) is 5.90. The van der Waals surface area contributed by atoms with E-state index >= 15 is 0 Å². The molecule has 178 valence electrons. The Kier molecular flexibility index (Phi) is 7.42. The monoisotopic (exact) mass is 477 g/mol. The van der Waals surface area contributed by atoms with Crippen molar-refractivity contribution in [3.05, 3.63) is 71.8 Å². The van der Waals surface area contributed by atoms with E-state index in [0.29, 0.717) is 0 Å². The van der Waals surface area contributed by atoms with Crippen molar-refractivity contribution in [3.63, 3.8) is 0 Å². The van der Waals surface area contributed by atoms with Gasteiger partial charge < -0.3 is 24.3 Å². The lowest BCUT2D eigenvalue weighted by Gasteiger charge is -2.48. The molecule has 9 nitrogen and oxygen atoms in total. The molecule has 0 spiro atoms. The summed E-state index contributed by atoms with van der Waals surface area (Å²) in [4.78, 5) is 12.0. The number of ether oxygens (including phenoxy) is 4. The van der Waals surface area contributed by atoms with Crippen LogP contribution in [-0.2, 0) is 44.7 Å². The average Bonchev–Trinajstić information content (AvgIpc) is 2.79. The summed E-state index contributed by atoms with van der Waals surface area (Å²) < 4.78 is 53.7. The van der Waals surface area contributed by atoms with Crippen LogP contribution >= 0.6 is 0 Å². The summed E-state index contributed by atoms with van der Waals surface area (Å²) in [5.41, 5.74) is 1.67. The van der Waals surface area contributed by atoms with Crippen LogP contribution < -0.4 is 5.32 Å². The zero-order chi connectivity index (χ0) is 23.4. The van der Waals surface area contributed by atoms with Crippen LogP contribution in [0.1, 0.15) is 24.3 Å². The summed E-state index contributed by atoms with van der Waals surface area (Å²) in [5, 5.41) is 2.73. The molecule has 2 aliphatic heterocycles. The van der Waals surface area contributed by atoms with E-state index in [1.165, 1.54) is 6.92 Å². The standard InChI is InChI=1S/C23H27NO8S/c1-15(25)24-19-21(32-33(2,26)27)20-18(14-29-22(31-20)17-11-7-4-8-12-17)30-23(19)28-13-16-9-5-3-6-10-16/h3-12,18-23H,13-14H2,1-2H3,(H,24,25)/t18-,19+,20-,21-,22-,23-/m0/s1. The first-order valence-corrected chi connectivity index (χ1v) is 12.4. The van der Waals surface area contributed by atoms with E-state index in [4.69, 9.17) is 23.1 Å². The molecule has 0 saturated carbocycles. The van der Waals surface area contributed by atoms with Gasteiger partial charge in [-0.15, -0.1) is 0 Å². The number of hydrogen-bond acceptors (Lipinski definition) is 8. The normalized spacial score (nSPS) is 29.8. The number of nitrogens with one attached hydrogen (secondary N) is 1. The molecule has 10 heteroatoms. The number of amides is 1. The van der Waals surface area contributed by atoms with Crippen molar-refractivity contribution in [1.82, 2.24) is 5.32 Å². The summed E-state index contributed by atoms with van der Waals surface area (Å²) >= 11 is 0. The summed E-state index contributed by atoms with van der Waals surface area (Å²) in [7, 11) is -3.90. The maximum absolute atomic E-state index is 12.1. The lowest BCUT2D eigenvalue weighted by atomic mass is 9.95. The zero-order valence-electron chi connectivity index (χ0n) is 18.3. The fourth-order valence-corrected chi connectivity index (χ4v) is 4.58. The molecule has 4 rings (SSSR count). The van der Waals surface area contributed by atoms with E-state index < -0.39 is 47.1 Å². The quantitative estimate of drug-likeness (QED) is 0.602. The molecule has 33 heavy (non-hydrogen) atoms. The van der Waals surface area contributed by atoms with Crippen LogP contribution in [0.3, 0.4) is 0 Å². The molecule has 2 aromatic carbocycles. The molecule has 2 aliphatic rings. The van der Waals surface area contributed by atoms with Crippen LogP contribution in [0, 0.1) is 0 Å². The highest BCUT2D eigenvalue weighted by Gasteiger charge is 2.52. The Morgan fingerprint density at radius 3 is 2.36 bits per heavy atom. The molecule has 2 saturated heterocycles. The fraction of sp³-hybridized carbons (Fsp3) is 0.435. The predicted molar refractivity (Wildman–Crippen MR) is 117 cm³/mol. The molecule has 0 aliphatic carbocycles. The minimum Gasteiger partial charge on any atom is -0.346 e. The summed E-state index contributed by atoms with van der Waals surface area (Å²) in [6, 6.07) is 17.8. The highest BCUT2D eigenvalue weighted by atomic mass is 32.2. The number of rotatable bonds is 7. The van der Waals surface area contributed by atoms with Gasteiger partial charge in [0.05, 0.1) is 19.5 Å². The summed E-state index contributed by atoms with van der Waals surface area (Å²) in [6.45, 7) is 1.65. The molecular formula is C23H27NO8S.